The largest absolute Gasteiger partial charge is 0.469 e. The van der Waals surface area contributed by atoms with Crippen LogP contribution in [0.25, 0.3) is 0 Å². The number of esters is 1. The zero-order valence-electron chi connectivity index (χ0n) is 18.0. The number of ether oxygens (including phenoxy) is 1. The minimum absolute atomic E-state index is 0.0237. The van der Waals surface area contributed by atoms with Gasteiger partial charge in [-0.15, -0.1) is 0 Å². The van der Waals surface area contributed by atoms with Crippen LogP contribution in [0.5, 0.6) is 0 Å². The highest BCUT2D eigenvalue weighted by molar-refractivity contribution is 6.22. The first kappa shape index (κ1) is 21.7. The summed E-state index contributed by atoms with van der Waals surface area (Å²) < 4.78 is 4.77. The second-order valence-corrected chi connectivity index (χ2v) is 8.25. The van der Waals surface area contributed by atoms with E-state index in [1.165, 1.54) is 18.1 Å². The predicted octanol–water partition coefficient (Wildman–Crippen LogP) is 3.65. The van der Waals surface area contributed by atoms with E-state index in [0.29, 0.717) is 5.56 Å². The molecule has 3 amide bonds. The van der Waals surface area contributed by atoms with E-state index in [-0.39, 0.29) is 35.4 Å². The van der Waals surface area contributed by atoms with Gasteiger partial charge in [0.25, 0.3) is 17.7 Å². The summed E-state index contributed by atoms with van der Waals surface area (Å²) >= 11 is 0. The van der Waals surface area contributed by atoms with Gasteiger partial charge in [-0.1, -0.05) is 49.6 Å². The molecule has 32 heavy (non-hydrogen) atoms. The van der Waals surface area contributed by atoms with Gasteiger partial charge in [0.15, 0.2) is 0 Å². The third-order valence-corrected chi connectivity index (χ3v) is 6.23. The van der Waals surface area contributed by atoms with Crippen LogP contribution in [0.15, 0.2) is 48.5 Å². The van der Waals surface area contributed by atoms with Crippen LogP contribution in [0.4, 0.5) is 0 Å². The van der Waals surface area contributed by atoms with Crippen LogP contribution in [0.3, 0.4) is 0 Å². The van der Waals surface area contributed by atoms with Gasteiger partial charge >= 0.3 is 5.97 Å². The molecule has 4 rings (SSSR count). The SMILES string of the molecule is COC(=O)CC(NC(=O)c1ccc2c(c1)C(=O)N(C1CCCCC1)C2=O)c1ccccc1. The Labute approximate surface area is 186 Å². The third kappa shape index (κ3) is 4.28. The molecule has 166 valence electrons. The molecule has 1 unspecified atom stereocenters. The monoisotopic (exact) mass is 434 g/mol. The van der Waals surface area contributed by atoms with Crippen molar-refractivity contribution in [2.24, 2.45) is 0 Å². The number of fused-ring (bicyclic) bond motifs is 1. The van der Waals surface area contributed by atoms with Crippen molar-refractivity contribution in [1.29, 1.82) is 0 Å². The molecule has 2 aromatic rings. The Morgan fingerprint density at radius 1 is 1.00 bits per heavy atom. The van der Waals surface area contributed by atoms with Crippen molar-refractivity contribution in [2.45, 2.75) is 50.6 Å². The lowest BCUT2D eigenvalue weighted by atomic mass is 9.94. The van der Waals surface area contributed by atoms with Crippen LogP contribution in [0.2, 0.25) is 0 Å². The maximum atomic E-state index is 13.0. The molecule has 1 aliphatic carbocycles. The van der Waals surface area contributed by atoms with Crippen molar-refractivity contribution in [3.63, 3.8) is 0 Å². The second kappa shape index (κ2) is 9.34. The predicted molar refractivity (Wildman–Crippen MR) is 117 cm³/mol. The van der Waals surface area contributed by atoms with Gasteiger partial charge in [-0.2, -0.15) is 0 Å². The standard InChI is InChI=1S/C25H26N2O5/c1-32-22(28)15-21(16-8-4-2-5-9-16)26-23(29)17-12-13-19-20(14-17)25(31)27(24(19)30)18-10-6-3-7-11-18/h2,4-5,8-9,12-14,18,21H,3,6-7,10-11,15H2,1H3,(H,26,29). The molecule has 0 bridgehead atoms. The van der Waals surface area contributed by atoms with E-state index < -0.39 is 17.9 Å². The highest BCUT2D eigenvalue weighted by Gasteiger charge is 2.40. The summed E-state index contributed by atoms with van der Waals surface area (Å²) in [5, 5.41) is 2.86. The van der Waals surface area contributed by atoms with E-state index in [9.17, 15) is 19.2 Å². The molecule has 1 aliphatic heterocycles. The average Bonchev–Trinajstić information content (AvgIpc) is 3.08. The maximum Gasteiger partial charge on any atom is 0.307 e. The molecule has 1 heterocycles. The summed E-state index contributed by atoms with van der Waals surface area (Å²) in [7, 11) is 1.30. The van der Waals surface area contributed by atoms with Crippen molar-refractivity contribution in [3.8, 4) is 0 Å². The van der Waals surface area contributed by atoms with Crippen LogP contribution in [-0.4, -0.2) is 41.7 Å². The van der Waals surface area contributed by atoms with Gasteiger partial charge in [-0.3, -0.25) is 24.1 Å². The minimum Gasteiger partial charge on any atom is -0.469 e. The number of nitrogens with one attached hydrogen (secondary N) is 1. The summed E-state index contributed by atoms with van der Waals surface area (Å²) in [6.07, 6.45) is 4.76. The molecule has 0 spiro atoms. The number of nitrogens with zero attached hydrogens (tertiary/aromatic N) is 1. The molecule has 1 saturated carbocycles. The molecule has 0 radical (unpaired) electrons. The molecular formula is C25H26N2O5. The Balaban J connectivity index is 1.55. The lowest BCUT2D eigenvalue weighted by Gasteiger charge is -2.29. The smallest absolute Gasteiger partial charge is 0.307 e. The topological polar surface area (TPSA) is 92.8 Å². The first-order valence-electron chi connectivity index (χ1n) is 10.9. The Hall–Kier alpha value is -3.48. The van der Waals surface area contributed by atoms with E-state index in [1.807, 2.05) is 30.3 Å². The number of imide groups is 1. The Morgan fingerprint density at radius 3 is 2.38 bits per heavy atom. The Bertz CT molecular complexity index is 1040. The lowest BCUT2D eigenvalue weighted by Crippen LogP contribution is -2.40. The van der Waals surface area contributed by atoms with Gasteiger partial charge < -0.3 is 10.1 Å². The Morgan fingerprint density at radius 2 is 1.69 bits per heavy atom. The average molecular weight is 434 g/mol. The fourth-order valence-electron chi connectivity index (χ4n) is 4.50. The maximum absolute atomic E-state index is 13.0. The van der Waals surface area contributed by atoms with Crippen molar-refractivity contribution in [3.05, 3.63) is 70.8 Å². The molecular weight excluding hydrogens is 408 g/mol. The number of benzene rings is 2. The molecule has 2 aromatic carbocycles. The number of rotatable bonds is 6. The van der Waals surface area contributed by atoms with E-state index in [1.54, 1.807) is 12.1 Å². The molecule has 0 saturated heterocycles. The number of hydrogen-bond acceptors (Lipinski definition) is 5. The van der Waals surface area contributed by atoms with E-state index in [4.69, 9.17) is 4.74 Å². The van der Waals surface area contributed by atoms with Gasteiger partial charge in [0.2, 0.25) is 0 Å². The van der Waals surface area contributed by atoms with Crippen LogP contribution >= 0.6 is 0 Å². The van der Waals surface area contributed by atoms with Crippen molar-refractivity contribution < 1.29 is 23.9 Å². The molecule has 1 fully saturated rings. The van der Waals surface area contributed by atoms with E-state index >= 15 is 0 Å². The minimum atomic E-state index is -0.583. The van der Waals surface area contributed by atoms with Crippen LogP contribution < -0.4 is 5.32 Å². The molecule has 7 nitrogen and oxygen atoms in total. The molecule has 2 aliphatic rings. The number of carbonyl (C=O) groups is 4. The summed E-state index contributed by atoms with van der Waals surface area (Å²) in [6, 6.07) is 13.1. The molecule has 7 heteroatoms. The summed E-state index contributed by atoms with van der Waals surface area (Å²) in [5.74, 6) is -1.49. The summed E-state index contributed by atoms with van der Waals surface area (Å²) in [5.41, 5.74) is 1.63. The molecule has 0 aromatic heterocycles. The number of methoxy groups -OCH3 is 1. The molecule has 1 atom stereocenters. The first-order chi connectivity index (χ1) is 15.5. The lowest BCUT2D eigenvalue weighted by molar-refractivity contribution is -0.141. The van der Waals surface area contributed by atoms with E-state index in [2.05, 4.69) is 5.32 Å². The van der Waals surface area contributed by atoms with Crippen LogP contribution in [-0.2, 0) is 9.53 Å². The fourth-order valence-corrected chi connectivity index (χ4v) is 4.50. The van der Waals surface area contributed by atoms with Gasteiger partial charge in [-0.05, 0) is 36.6 Å². The van der Waals surface area contributed by atoms with Crippen LogP contribution in [0, 0.1) is 0 Å². The van der Waals surface area contributed by atoms with Crippen molar-refractivity contribution in [1.82, 2.24) is 10.2 Å². The van der Waals surface area contributed by atoms with Gasteiger partial charge in [0, 0.05) is 11.6 Å². The summed E-state index contributed by atoms with van der Waals surface area (Å²) in [4.78, 5) is 52.1. The zero-order valence-corrected chi connectivity index (χ0v) is 18.0. The second-order valence-electron chi connectivity index (χ2n) is 8.25. The Kier molecular flexibility index (Phi) is 6.35. The van der Waals surface area contributed by atoms with Crippen LogP contribution in [0.1, 0.15) is 81.2 Å². The number of carbonyl (C=O) groups excluding carboxylic acids is 4. The summed E-state index contributed by atoms with van der Waals surface area (Å²) in [6.45, 7) is 0. The fraction of sp³-hybridized carbons (Fsp3) is 0.360. The number of hydrogen-bond donors (Lipinski definition) is 1. The van der Waals surface area contributed by atoms with Gasteiger partial charge in [0.05, 0.1) is 30.7 Å². The van der Waals surface area contributed by atoms with E-state index in [0.717, 1.165) is 37.7 Å². The van der Waals surface area contributed by atoms with Gasteiger partial charge in [0.1, 0.15) is 0 Å². The van der Waals surface area contributed by atoms with Gasteiger partial charge in [-0.25, -0.2) is 0 Å². The highest BCUT2D eigenvalue weighted by Crippen LogP contribution is 2.31. The number of amides is 3. The normalized spacial score (nSPS) is 17.1. The quantitative estimate of drug-likeness (QED) is 0.553. The zero-order chi connectivity index (χ0) is 22.7. The van der Waals surface area contributed by atoms with Crippen molar-refractivity contribution >= 4 is 23.7 Å². The highest BCUT2D eigenvalue weighted by atomic mass is 16.5. The van der Waals surface area contributed by atoms with Crippen molar-refractivity contribution in [2.75, 3.05) is 7.11 Å². The third-order valence-electron chi connectivity index (χ3n) is 6.23. The molecule has 1 N–H and O–H groups in total. The first-order valence-corrected chi connectivity index (χ1v) is 10.9.